The summed E-state index contributed by atoms with van der Waals surface area (Å²) in [4.78, 5) is 36.0. The molecule has 0 aliphatic heterocycles. The fourth-order valence-electron chi connectivity index (χ4n) is 2.30. The fourth-order valence-corrected chi connectivity index (χ4v) is 2.30. The van der Waals surface area contributed by atoms with E-state index in [1.165, 1.54) is 14.0 Å². The maximum absolute atomic E-state index is 12.5. The van der Waals surface area contributed by atoms with Crippen LogP contribution < -0.4 is 5.32 Å². The molecule has 1 atom stereocenters. The van der Waals surface area contributed by atoms with Crippen LogP contribution in [0.2, 0.25) is 0 Å². The van der Waals surface area contributed by atoms with Crippen molar-refractivity contribution in [3.63, 3.8) is 0 Å². The van der Waals surface area contributed by atoms with Gasteiger partial charge in [-0.1, -0.05) is 30.3 Å². The molecule has 0 unspecified atom stereocenters. The van der Waals surface area contributed by atoms with Gasteiger partial charge < -0.3 is 19.5 Å². The molecule has 1 aromatic carbocycles. The first-order valence-corrected chi connectivity index (χ1v) is 8.35. The van der Waals surface area contributed by atoms with E-state index in [9.17, 15) is 14.4 Å². The molecule has 0 aliphatic rings. The molecule has 0 aromatic heterocycles. The van der Waals surface area contributed by atoms with Crippen LogP contribution in [0, 0.1) is 0 Å². The van der Waals surface area contributed by atoms with Crippen LogP contribution in [-0.2, 0) is 30.2 Å². The standard InChI is InChI=1S/C19H27NO6/c1-14(21)25-13-19(16(22)24-5,20-17(23)26-18(2,3)4)12-11-15-9-7-6-8-10-15/h6-10H,11-13H2,1-5H3,(H,20,23)/t19-/m0/s1. The lowest BCUT2D eigenvalue weighted by atomic mass is 9.92. The van der Waals surface area contributed by atoms with E-state index in [1.807, 2.05) is 30.3 Å². The number of ether oxygens (including phenoxy) is 3. The zero-order chi connectivity index (χ0) is 19.8. The first-order chi connectivity index (χ1) is 12.1. The van der Waals surface area contributed by atoms with Gasteiger partial charge in [-0.15, -0.1) is 0 Å². The minimum atomic E-state index is -1.54. The number of hydrogen-bond donors (Lipinski definition) is 1. The maximum atomic E-state index is 12.5. The summed E-state index contributed by atoms with van der Waals surface area (Å²) < 4.78 is 15.2. The highest BCUT2D eigenvalue weighted by atomic mass is 16.6. The van der Waals surface area contributed by atoms with Gasteiger partial charge in [0.25, 0.3) is 0 Å². The SMILES string of the molecule is COC(=O)[C@](CCc1ccccc1)(COC(C)=O)NC(=O)OC(C)(C)C. The minimum absolute atomic E-state index is 0.177. The molecule has 0 fully saturated rings. The van der Waals surface area contributed by atoms with Crippen molar-refractivity contribution in [2.75, 3.05) is 13.7 Å². The Labute approximate surface area is 154 Å². The van der Waals surface area contributed by atoms with E-state index in [1.54, 1.807) is 20.8 Å². The average molecular weight is 365 g/mol. The third-order valence-corrected chi connectivity index (χ3v) is 3.52. The fraction of sp³-hybridized carbons (Fsp3) is 0.526. The Morgan fingerprint density at radius 3 is 2.19 bits per heavy atom. The number of nitrogens with one attached hydrogen (secondary N) is 1. The smallest absolute Gasteiger partial charge is 0.408 e. The molecule has 26 heavy (non-hydrogen) atoms. The van der Waals surface area contributed by atoms with Gasteiger partial charge in [-0.25, -0.2) is 9.59 Å². The van der Waals surface area contributed by atoms with E-state index < -0.39 is 29.2 Å². The van der Waals surface area contributed by atoms with Gasteiger partial charge in [-0.2, -0.15) is 0 Å². The van der Waals surface area contributed by atoms with E-state index in [-0.39, 0.29) is 13.0 Å². The number of amides is 1. The van der Waals surface area contributed by atoms with Crippen LogP contribution in [0.15, 0.2) is 30.3 Å². The van der Waals surface area contributed by atoms with Gasteiger partial charge in [-0.3, -0.25) is 4.79 Å². The van der Waals surface area contributed by atoms with Crippen molar-refractivity contribution >= 4 is 18.0 Å². The van der Waals surface area contributed by atoms with Crippen molar-refractivity contribution in [1.82, 2.24) is 5.32 Å². The Morgan fingerprint density at radius 1 is 1.08 bits per heavy atom. The number of methoxy groups -OCH3 is 1. The highest BCUT2D eigenvalue weighted by Crippen LogP contribution is 2.19. The van der Waals surface area contributed by atoms with Crippen LogP contribution in [0.4, 0.5) is 4.79 Å². The zero-order valence-electron chi connectivity index (χ0n) is 16.0. The predicted octanol–water partition coefficient (Wildman–Crippen LogP) is 2.62. The highest BCUT2D eigenvalue weighted by molar-refractivity contribution is 5.86. The quantitative estimate of drug-likeness (QED) is 0.590. The Hall–Kier alpha value is -2.57. The molecule has 7 heteroatoms. The molecular weight excluding hydrogens is 338 g/mol. The molecule has 1 aromatic rings. The van der Waals surface area contributed by atoms with Crippen LogP contribution in [-0.4, -0.2) is 42.9 Å². The number of aryl methyl sites for hydroxylation is 1. The lowest BCUT2D eigenvalue weighted by molar-refractivity contribution is -0.156. The average Bonchev–Trinajstić information content (AvgIpc) is 2.55. The molecule has 0 bridgehead atoms. The van der Waals surface area contributed by atoms with Gasteiger partial charge in [0.15, 0.2) is 5.54 Å². The first-order valence-electron chi connectivity index (χ1n) is 8.35. The van der Waals surface area contributed by atoms with E-state index in [0.717, 1.165) is 5.56 Å². The van der Waals surface area contributed by atoms with Crippen molar-refractivity contribution in [2.24, 2.45) is 0 Å². The zero-order valence-corrected chi connectivity index (χ0v) is 16.0. The van der Waals surface area contributed by atoms with Gasteiger partial charge in [0, 0.05) is 6.92 Å². The molecule has 0 saturated heterocycles. The summed E-state index contributed by atoms with van der Waals surface area (Å²) in [6, 6.07) is 9.45. The van der Waals surface area contributed by atoms with Crippen LogP contribution >= 0.6 is 0 Å². The topological polar surface area (TPSA) is 90.9 Å². The maximum Gasteiger partial charge on any atom is 0.408 e. The third kappa shape index (κ3) is 7.13. The predicted molar refractivity (Wildman–Crippen MR) is 95.5 cm³/mol. The Bertz CT molecular complexity index is 623. The lowest BCUT2D eigenvalue weighted by Crippen LogP contribution is -2.59. The molecule has 0 heterocycles. The first kappa shape index (κ1) is 21.5. The Kier molecular flexibility index (Phi) is 7.61. The summed E-state index contributed by atoms with van der Waals surface area (Å²) in [6.45, 7) is 6.01. The highest BCUT2D eigenvalue weighted by Gasteiger charge is 2.43. The van der Waals surface area contributed by atoms with Crippen molar-refractivity contribution < 1.29 is 28.6 Å². The summed E-state index contributed by atoms with van der Waals surface area (Å²) >= 11 is 0. The lowest BCUT2D eigenvalue weighted by Gasteiger charge is -2.32. The Balaban J connectivity index is 3.06. The summed E-state index contributed by atoms with van der Waals surface area (Å²) in [6.07, 6.45) is -0.147. The number of hydrogen-bond acceptors (Lipinski definition) is 6. The van der Waals surface area contributed by atoms with E-state index >= 15 is 0 Å². The second kappa shape index (κ2) is 9.22. The van der Waals surface area contributed by atoms with E-state index in [2.05, 4.69) is 5.32 Å². The number of carbonyl (C=O) groups is 3. The van der Waals surface area contributed by atoms with Crippen LogP contribution in [0.25, 0.3) is 0 Å². The molecular formula is C19H27NO6. The molecule has 1 N–H and O–H groups in total. The summed E-state index contributed by atoms with van der Waals surface area (Å²) in [5, 5.41) is 2.55. The molecule has 1 rings (SSSR count). The molecule has 0 radical (unpaired) electrons. The van der Waals surface area contributed by atoms with Crippen molar-refractivity contribution in [2.45, 2.75) is 51.7 Å². The summed E-state index contributed by atoms with van der Waals surface area (Å²) in [7, 11) is 1.21. The van der Waals surface area contributed by atoms with Crippen LogP contribution in [0.5, 0.6) is 0 Å². The monoisotopic (exact) mass is 365 g/mol. The van der Waals surface area contributed by atoms with Crippen LogP contribution in [0.3, 0.4) is 0 Å². The van der Waals surface area contributed by atoms with Crippen LogP contribution in [0.1, 0.15) is 39.7 Å². The van der Waals surface area contributed by atoms with Gasteiger partial charge in [0.05, 0.1) is 7.11 Å². The summed E-state index contributed by atoms with van der Waals surface area (Å²) in [5.74, 6) is -1.27. The molecule has 0 saturated carbocycles. The van der Waals surface area contributed by atoms with Crippen molar-refractivity contribution in [1.29, 1.82) is 0 Å². The van der Waals surface area contributed by atoms with E-state index in [0.29, 0.717) is 6.42 Å². The largest absolute Gasteiger partial charge is 0.467 e. The number of benzene rings is 1. The van der Waals surface area contributed by atoms with Crippen molar-refractivity contribution in [3.8, 4) is 0 Å². The molecule has 1 amide bonds. The number of carbonyl (C=O) groups excluding carboxylic acids is 3. The van der Waals surface area contributed by atoms with Gasteiger partial charge in [-0.05, 0) is 39.2 Å². The molecule has 7 nitrogen and oxygen atoms in total. The summed E-state index contributed by atoms with van der Waals surface area (Å²) in [5.41, 5.74) is -1.32. The number of rotatable bonds is 7. The molecule has 0 spiro atoms. The molecule has 144 valence electrons. The second-order valence-corrected chi connectivity index (χ2v) is 6.97. The number of alkyl carbamates (subject to hydrolysis) is 1. The molecule has 0 aliphatic carbocycles. The second-order valence-electron chi connectivity index (χ2n) is 6.97. The Morgan fingerprint density at radius 2 is 1.69 bits per heavy atom. The van der Waals surface area contributed by atoms with E-state index in [4.69, 9.17) is 14.2 Å². The number of esters is 2. The minimum Gasteiger partial charge on any atom is -0.467 e. The van der Waals surface area contributed by atoms with Gasteiger partial charge in [0.2, 0.25) is 0 Å². The van der Waals surface area contributed by atoms with Gasteiger partial charge in [0.1, 0.15) is 12.2 Å². The third-order valence-electron chi connectivity index (χ3n) is 3.52. The van der Waals surface area contributed by atoms with Gasteiger partial charge >= 0.3 is 18.0 Å². The van der Waals surface area contributed by atoms with Crippen molar-refractivity contribution in [3.05, 3.63) is 35.9 Å². The normalized spacial score (nSPS) is 13.3.